The van der Waals surface area contributed by atoms with Crippen LogP contribution in [0.5, 0.6) is 0 Å². The van der Waals surface area contributed by atoms with Crippen molar-refractivity contribution >= 4 is 17.9 Å². The third kappa shape index (κ3) is 67.1. The number of likely N-dealkylation sites (N-methyl/N-ethyl adjacent to an activating group) is 1. The van der Waals surface area contributed by atoms with E-state index in [2.05, 4.69) is 135 Å². The van der Waals surface area contributed by atoms with Crippen molar-refractivity contribution in [3.05, 3.63) is 122 Å². The van der Waals surface area contributed by atoms with Crippen LogP contribution >= 0.6 is 0 Å². The molecule has 0 bridgehead atoms. The van der Waals surface area contributed by atoms with Gasteiger partial charge in [0.25, 0.3) is 0 Å². The van der Waals surface area contributed by atoms with Crippen LogP contribution in [-0.2, 0) is 33.3 Å². The molecule has 0 fully saturated rings. The summed E-state index contributed by atoms with van der Waals surface area (Å²) in [7, 11) is 5.93. The first-order valence-corrected chi connectivity index (χ1v) is 34.7. The molecule has 0 N–H and O–H groups in total. The molecule has 0 aromatic rings. The molecule has 2 unspecified atom stereocenters. The van der Waals surface area contributed by atoms with Crippen LogP contribution in [0.25, 0.3) is 0 Å². The maximum absolute atomic E-state index is 12.9. The molecule has 0 saturated carbocycles. The molecule has 85 heavy (non-hydrogen) atoms. The number of quaternary nitrogens is 1. The summed E-state index contributed by atoms with van der Waals surface area (Å²) in [5.41, 5.74) is 0. The predicted molar refractivity (Wildman–Crippen MR) is 361 cm³/mol. The van der Waals surface area contributed by atoms with Crippen LogP contribution < -0.4 is 5.11 Å². The summed E-state index contributed by atoms with van der Waals surface area (Å²) in [5, 5.41) is 11.8. The van der Waals surface area contributed by atoms with Crippen molar-refractivity contribution in [2.75, 3.05) is 47.5 Å². The van der Waals surface area contributed by atoms with E-state index in [0.717, 1.165) is 103 Å². The van der Waals surface area contributed by atoms with Gasteiger partial charge in [-0.2, -0.15) is 0 Å². The molecular weight excluding hydrogens is 1050 g/mol. The fourth-order valence-electron chi connectivity index (χ4n) is 9.41. The van der Waals surface area contributed by atoms with Crippen LogP contribution in [0.15, 0.2) is 122 Å². The molecule has 0 aromatic carbocycles. The lowest BCUT2D eigenvalue weighted by molar-refractivity contribution is -0.870. The maximum Gasteiger partial charge on any atom is 0.306 e. The Morgan fingerprint density at radius 2 is 0.671 bits per heavy atom. The molecule has 0 aliphatic heterocycles. The second-order valence-corrected chi connectivity index (χ2v) is 24.1. The smallest absolute Gasteiger partial charge is 0.306 e. The predicted octanol–water partition coefficient (Wildman–Crippen LogP) is 20.2. The van der Waals surface area contributed by atoms with E-state index in [1.807, 2.05) is 21.1 Å². The number of carbonyl (C=O) groups excluding carboxylic acids is 3. The maximum atomic E-state index is 12.9. The van der Waals surface area contributed by atoms with Crippen LogP contribution in [-0.4, -0.2) is 82.3 Å². The van der Waals surface area contributed by atoms with Crippen molar-refractivity contribution in [1.82, 2.24) is 0 Å². The van der Waals surface area contributed by atoms with E-state index in [9.17, 15) is 19.5 Å². The molecule has 0 saturated heterocycles. The van der Waals surface area contributed by atoms with Crippen molar-refractivity contribution in [2.24, 2.45) is 0 Å². The summed E-state index contributed by atoms with van der Waals surface area (Å²) in [6, 6.07) is 0. The third-order valence-electron chi connectivity index (χ3n) is 14.7. The van der Waals surface area contributed by atoms with Crippen molar-refractivity contribution in [1.29, 1.82) is 0 Å². The topological polar surface area (TPSA) is 111 Å². The first-order valence-electron chi connectivity index (χ1n) is 34.7. The Morgan fingerprint density at radius 3 is 1.00 bits per heavy atom. The standard InChI is InChI=1S/C76H129NO8/c1-6-8-10-12-14-16-18-20-22-24-26-28-30-32-34-35-36-37-38-39-41-43-45-47-49-51-53-55-57-59-61-63-65-67-74(79)85-72(71-84-76(75(80)81)82-69-68-77(3,4)5)70-83-73(78)66-64-62-60-58-56-54-52-50-48-46-44-42-40-33-31-29-27-25-23-21-19-17-15-13-11-9-7-2/h8,10,14,16,19-22,25-28,31-34,36-37,39,41,72,76H,6-7,9,11-13,15,17-18,23-24,29-30,35,38,40,42-71H2,1-5H3/b10-8-,16-14-,21-19-,22-20-,27-25-,28-26-,33-31-,34-32-,37-36-,41-39-. The van der Waals surface area contributed by atoms with Gasteiger partial charge < -0.3 is 33.3 Å². The molecule has 0 radical (unpaired) electrons. The quantitative estimate of drug-likeness (QED) is 0.0195. The average Bonchev–Trinajstić information content (AvgIpc) is 3.49. The Hall–Kier alpha value is -4.31. The summed E-state index contributed by atoms with van der Waals surface area (Å²) in [5.74, 6) is -2.29. The summed E-state index contributed by atoms with van der Waals surface area (Å²) in [6.07, 6.45) is 89.8. The minimum absolute atomic E-state index is 0.142. The van der Waals surface area contributed by atoms with Gasteiger partial charge in [0.05, 0.1) is 40.3 Å². The number of aliphatic carboxylic acids is 1. The zero-order valence-electron chi connectivity index (χ0n) is 55.4. The number of hydrogen-bond acceptors (Lipinski definition) is 8. The highest BCUT2D eigenvalue weighted by atomic mass is 16.7. The van der Waals surface area contributed by atoms with E-state index < -0.39 is 24.3 Å². The highest BCUT2D eigenvalue weighted by Crippen LogP contribution is 2.16. The van der Waals surface area contributed by atoms with E-state index in [-0.39, 0.29) is 38.6 Å². The zero-order valence-corrected chi connectivity index (χ0v) is 55.4. The first kappa shape index (κ1) is 80.7. The second kappa shape index (κ2) is 65.7. The number of carboxylic acid groups (broad SMARTS) is 1. The normalized spacial score (nSPS) is 13.5. The summed E-state index contributed by atoms with van der Waals surface area (Å²) in [6.45, 7) is 4.63. The third-order valence-corrected chi connectivity index (χ3v) is 14.7. The monoisotopic (exact) mass is 1180 g/mol. The largest absolute Gasteiger partial charge is 0.545 e. The Balaban J connectivity index is 4.17. The van der Waals surface area contributed by atoms with Gasteiger partial charge in [-0.05, 0) is 109 Å². The number of carbonyl (C=O) groups is 3. The fraction of sp³-hybridized carbons (Fsp3) is 0.697. The van der Waals surface area contributed by atoms with Crippen LogP contribution in [0.3, 0.4) is 0 Å². The van der Waals surface area contributed by atoms with Crippen molar-refractivity contribution in [3.8, 4) is 0 Å². The molecular formula is C76H129NO8. The van der Waals surface area contributed by atoms with Gasteiger partial charge in [-0.15, -0.1) is 0 Å². The van der Waals surface area contributed by atoms with Gasteiger partial charge in [-0.1, -0.05) is 283 Å². The van der Waals surface area contributed by atoms with Crippen LogP contribution in [0.1, 0.15) is 284 Å². The molecule has 2 atom stereocenters. The lowest BCUT2D eigenvalue weighted by Crippen LogP contribution is -2.44. The number of esters is 2. The summed E-state index contributed by atoms with van der Waals surface area (Å²) >= 11 is 0. The van der Waals surface area contributed by atoms with Crippen LogP contribution in [0.4, 0.5) is 0 Å². The van der Waals surface area contributed by atoms with Crippen LogP contribution in [0, 0.1) is 0 Å². The molecule has 0 rings (SSSR count). The van der Waals surface area contributed by atoms with Gasteiger partial charge >= 0.3 is 11.9 Å². The highest BCUT2D eigenvalue weighted by Gasteiger charge is 2.22. The summed E-state index contributed by atoms with van der Waals surface area (Å²) < 4.78 is 22.8. The Morgan fingerprint density at radius 1 is 0.365 bits per heavy atom. The number of unbranched alkanes of at least 4 members (excludes halogenated alkanes) is 28. The number of hydrogen-bond donors (Lipinski definition) is 0. The SMILES string of the molecule is CC/C=C\C/C=C\C/C=C\C/C=C\C/C=C\C/C=C\C/C=C\CCCCCCCCCCCCCC(=O)OC(COC(=O)CCCCCCCCCCCCCC/C=C\C/C=C\C/C=C\CCCCCCC)COC(OCC[N+](C)(C)C)C(=O)[O-]. The van der Waals surface area contributed by atoms with Gasteiger partial charge in [-0.3, -0.25) is 9.59 Å². The lowest BCUT2D eigenvalue weighted by Gasteiger charge is -2.26. The van der Waals surface area contributed by atoms with Gasteiger partial charge in [0, 0.05) is 12.8 Å². The van der Waals surface area contributed by atoms with E-state index in [4.69, 9.17) is 18.9 Å². The van der Waals surface area contributed by atoms with Gasteiger partial charge in [0.2, 0.25) is 0 Å². The molecule has 0 aromatic heterocycles. The minimum Gasteiger partial charge on any atom is -0.545 e. The van der Waals surface area contributed by atoms with Gasteiger partial charge in [0.15, 0.2) is 12.4 Å². The van der Waals surface area contributed by atoms with Gasteiger partial charge in [0.1, 0.15) is 13.2 Å². The number of rotatable bonds is 63. The van der Waals surface area contributed by atoms with E-state index in [0.29, 0.717) is 17.4 Å². The lowest BCUT2D eigenvalue weighted by atomic mass is 10.0. The Kier molecular flexibility index (Phi) is 62.3. The highest BCUT2D eigenvalue weighted by molar-refractivity contribution is 5.70. The van der Waals surface area contributed by atoms with Crippen molar-refractivity contribution in [3.63, 3.8) is 0 Å². The molecule has 0 aliphatic carbocycles. The van der Waals surface area contributed by atoms with E-state index in [1.165, 1.54) is 148 Å². The van der Waals surface area contributed by atoms with Crippen molar-refractivity contribution in [2.45, 2.75) is 296 Å². The summed E-state index contributed by atoms with van der Waals surface area (Å²) in [4.78, 5) is 37.5. The van der Waals surface area contributed by atoms with E-state index >= 15 is 0 Å². The Bertz CT molecular complexity index is 1810. The number of nitrogens with zero attached hydrogens (tertiary/aromatic N) is 1. The van der Waals surface area contributed by atoms with Gasteiger partial charge in [-0.25, -0.2) is 0 Å². The zero-order chi connectivity index (χ0) is 61.9. The van der Waals surface area contributed by atoms with E-state index in [1.54, 1.807) is 0 Å². The Labute approximate surface area is 523 Å². The molecule has 0 amide bonds. The number of carboxylic acids is 1. The second-order valence-electron chi connectivity index (χ2n) is 24.1. The minimum atomic E-state index is -1.63. The van der Waals surface area contributed by atoms with Crippen molar-refractivity contribution < 1.29 is 42.9 Å². The number of ether oxygens (including phenoxy) is 4. The molecule has 0 heterocycles. The first-order chi connectivity index (χ1) is 41.6. The molecule has 0 aliphatic rings. The molecule has 9 heteroatoms. The van der Waals surface area contributed by atoms with Crippen LogP contribution in [0.2, 0.25) is 0 Å². The number of allylic oxidation sites excluding steroid dienone is 20. The average molecular weight is 1180 g/mol. The molecule has 486 valence electrons. The molecule has 9 nitrogen and oxygen atoms in total. The molecule has 0 spiro atoms. The fourth-order valence-corrected chi connectivity index (χ4v) is 9.41.